The molecule has 2 aromatic heterocycles. The van der Waals surface area contributed by atoms with Crippen LogP contribution in [0.3, 0.4) is 0 Å². The number of aromatic nitrogens is 2. The number of primary amides is 1. The first kappa shape index (κ1) is 24.4. The molecule has 0 spiro atoms. The third kappa shape index (κ3) is 3.12. The molecule has 4 heterocycles. The van der Waals surface area contributed by atoms with Gasteiger partial charge >= 0.3 is 5.97 Å². The summed E-state index contributed by atoms with van der Waals surface area (Å²) in [5, 5.41) is 23.2. The van der Waals surface area contributed by atoms with Gasteiger partial charge in [0.1, 0.15) is 12.4 Å². The van der Waals surface area contributed by atoms with Gasteiger partial charge in [-0.2, -0.15) is 0 Å². The van der Waals surface area contributed by atoms with Crippen LogP contribution in [0.15, 0.2) is 16.9 Å². The fraction of sp³-hybridized carbons (Fsp3) is 0.448. The number of amides is 1. The van der Waals surface area contributed by atoms with Gasteiger partial charge in [-0.15, -0.1) is 0 Å². The highest BCUT2D eigenvalue weighted by molar-refractivity contribution is 5.93. The van der Waals surface area contributed by atoms with E-state index in [-0.39, 0.29) is 54.0 Å². The molecule has 2 aliphatic heterocycles. The number of ether oxygens (including phenoxy) is 1. The van der Waals surface area contributed by atoms with Crippen molar-refractivity contribution in [1.82, 2.24) is 9.55 Å². The molecular weight excluding hydrogens is 505 g/mol. The first-order chi connectivity index (χ1) is 18.6. The van der Waals surface area contributed by atoms with Crippen LogP contribution in [0, 0.1) is 24.6 Å². The highest BCUT2D eigenvalue weighted by Gasteiger charge is 2.50. The number of carbonyl (C=O) groups is 2. The van der Waals surface area contributed by atoms with Crippen molar-refractivity contribution in [3.05, 3.63) is 61.7 Å². The van der Waals surface area contributed by atoms with Crippen LogP contribution in [0.5, 0.6) is 0 Å². The molecule has 1 aromatic carbocycles. The summed E-state index contributed by atoms with van der Waals surface area (Å²) in [4.78, 5) is 42.6. The van der Waals surface area contributed by atoms with Gasteiger partial charge in [0, 0.05) is 34.4 Å². The van der Waals surface area contributed by atoms with E-state index in [0.29, 0.717) is 47.3 Å². The number of carbonyl (C=O) groups excluding carboxylic acids is 2. The van der Waals surface area contributed by atoms with Crippen LogP contribution >= 0.6 is 0 Å². The molecule has 2 aliphatic carbocycles. The molecule has 4 unspecified atom stereocenters. The van der Waals surface area contributed by atoms with Crippen molar-refractivity contribution in [3.63, 3.8) is 0 Å². The second-order valence-electron chi connectivity index (χ2n) is 11.4. The Bertz CT molecular complexity index is 1710. The molecule has 5 atom stereocenters. The quantitative estimate of drug-likeness (QED) is 0.341. The molecule has 10 heteroatoms. The SMILES string of the molecule is CC[C@@]1(O)C(=O)OCc2c1cc1n(c2=O)Cc2c-1nc1cc(F)c(C)c3c1c2CCC3C(O)C1CC1C(N)=O. The molecule has 4 aliphatic rings. The highest BCUT2D eigenvalue weighted by Crippen LogP contribution is 2.51. The number of hydrogen-bond acceptors (Lipinski definition) is 7. The van der Waals surface area contributed by atoms with Crippen molar-refractivity contribution in [2.24, 2.45) is 17.6 Å². The van der Waals surface area contributed by atoms with Crippen molar-refractivity contribution in [2.45, 2.75) is 70.3 Å². The van der Waals surface area contributed by atoms with Crippen LogP contribution < -0.4 is 11.3 Å². The van der Waals surface area contributed by atoms with Crippen molar-refractivity contribution in [1.29, 1.82) is 0 Å². The van der Waals surface area contributed by atoms with Gasteiger partial charge in [0.25, 0.3) is 5.56 Å². The Morgan fingerprint density at radius 1 is 1.31 bits per heavy atom. The van der Waals surface area contributed by atoms with Crippen LogP contribution in [0.1, 0.15) is 65.5 Å². The second-order valence-corrected chi connectivity index (χ2v) is 11.4. The van der Waals surface area contributed by atoms with Crippen LogP contribution in [-0.4, -0.2) is 37.7 Å². The Balaban J connectivity index is 1.43. The maximum atomic E-state index is 15.3. The van der Waals surface area contributed by atoms with Gasteiger partial charge in [-0.3, -0.25) is 9.59 Å². The van der Waals surface area contributed by atoms with E-state index < -0.39 is 29.4 Å². The zero-order valence-corrected chi connectivity index (χ0v) is 21.6. The molecule has 202 valence electrons. The molecule has 39 heavy (non-hydrogen) atoms. The van der Waals surface area contributed by atoms with E-state index >= 15 is 4.39 Å². The summed E-state index contributed by atoms with van der Waals surface area (Å²) in [6.07, 6.45) is 0.867. The van der Waals surface area contributed by atoms with E-state index in [1.807, 2.05) is 0 Å². The molecule has 1 fully saturated rings. The maximum Gasteiger partial charge on any atom is 0.343 e. The van der Waals surface area contributed by atoms with Gasteiger partial charge in [-0.1, -0.05) is 6.92 Å². The first-order valence-electron chi connectivity index (χ1n) is 13.4. The lowest BCUT2D eigenvalue weighted by molar-refractivity contribution is -0.172. The van der Waals surface area contributed by atoms with Crippen molar-refractivity contribution >= 4 is 22.8 Å². The van der Waals surface area contributed by atoms with Gasteiger partial charge in [0.05, 0.1) is 35.1 Å². The number of fused-ring (bicyclic) bond motifs is 5. The molecule has 9 nitrogen and oxygen atoms in total. The number of benzene rings is 1. The lowest BCUT2D eigenvalue weighted by Gasteiger charge is -2.32. The largest absolute Gasteiger partial charge is 0.458 e. The number of pyridine rings is 2. The van der Waals surface area contributed by atoms with E-state index in [2.05, 4.69) is 0 Å². The maximum absolute atomic E-state index is 15.3. The molecule has 1 saturated carbocycles. The molecule has 0 radical (unpaired) electrons. The summed E-state index contributed by atoms with van der Waals surface area (Å²) < 4.78 is 22.0. The van der Waals surface area contributed by atoms with Crippen molar-refractivity contribution in [3.8, 4) is 11.4 Å². The first-order valence-corrected chi connectivity index (χ1v) is 13.4. The molecule has 0 saturated heterocycles. The number of aliphatic hydroxyl groups is 2. The summed E-state index contributed by atoms with van der Waals surface area (Å²) >= 11 is 0. The Morgan fingerprint density at radius 2 is 2.08 bits per heavy atom. The lowest BCUT2D eigenvalue weighted by Crippen LogP contribution is -2.44. The lowest BCUT2D eigenvalue weighted by atomic mass is 9.75. The fourth-order valence-electron chi connectivity index (χ4n) is 7.18. The predicted octanol–water partition coefficient (Wildman–Crippen LogP) is 2.04. The smallest absolute Gasteiger partial charge is 0.343 e. The third-order valence-corrected chi connectivity index (χ3v) is 9.47. The number of rotatable bonds is 4. The highest BCUT2D eigenvalue weighted by atomic mass is 19.1. The van der Waals surface area contributed by atoms with E-state index in [0.717, 1.165) is 16.5 Å². The average Bonchev–Trinajstić information content (AvgIpc) is 3.64. The summed E-state index contributed by atoms with van der Waals surface area (Å²) in [6, 6.07) is 3.03. The summed E-state index contributed by atoms with van der Waals surface area (Å²) in [5.41, 5.74) is 8.02. The number of cyclic esters (lactones) is 1. The van der Waals surface area contributed by atoms with Gasteiger partial charge < -0.3 is 25.3 Å². The zero-order chi connectivity index (χ0) is 27.5. The minimum Gasteiger partial charge on any atom is -0.458 e. The molecular formula is C29H28FN3O6. The van der Waals surface area contributed by atoms with Gasteiger partial charge in [-0.25, -0.2) is 14.2 Å². The van der Waals surface area contributed by atoms with E-state index in [4.69, 9.17) is 15.5 Å². The summed E-state index contributed by atoms with van der Waals surface area (Å²) in [7, 11) is 0. The van der Waals surface area contributed by atoms with E-state index in [9.17, 15) is 24.6 Å². The van der Waals surface area contributed by atoms with Gasteiger partial charge in [-0.05, 0) is 61.3 Å². The van der Waals surface area contributed by atoms with Gasteiger partial charge in [0.2, 0.25) is 5.91 Å². The molecule has 4 N–H and O–H groups in total. The average molecular weight is 534 g/mol. The fourth-order valence-corrected chi connectivity index (χ4v) is 7.18. The minimum absolute atomic E-state index is 0.0418. The summed E-state index contributed by atoms with van der Waals surface area (Å²) in [6.45, 7) is 3.38. The number of hydrogen-bond donors (Lipinski definition) is 3. The van der Waals surface area contributed by atoms with E-state index in [1.165, 1.54) is 6.07 Å². The number of aliphatic hydroxyl groups excluding tert-OH is 1. The zero-order valence-electron chi connectivity index (χ0n) is 21.6. The van der Waals surface area contributed by atoms with Crippen LogP contribution in [0.4, 0.5) is 4.39 Å². The minimum atomic E-state index is -1.93. The normalized spacial score (nSPS) is 27.0. The number of aryl methyl sites for hydroxylation is 1. The topological polar surface area (TPSA) is 145 Å². The number of halogens is 1. The Morgan fingerprint density at radius 3 is 2.77 bits per heavy atom. The summed E-state index contributed by atoms with van der Waals surface area (Å²) in [5.74, 6) is -2.64. The number of nitrogens with zero attached hydrogens (tertiary/aromatic N) is 2. The molecule has 3 aromatic rings. The van der Waals surface area contributed by atoms with E-state index in [1.54, 1.807) is 24.5 Å². The van der Waals surface area contributed by atoms with Crippen LogP contribution in [0.25, 0.3) is 22.3 Å². The number of nitrogens with two attached hydrogens (primary N) is 1. The van der Waals surface area contributed by atoms with Crippen molar-refractivity contribution < 1.29 is 28.9 Å². The van der Waals surface area contributed by atoms with Crippen molar-refractivity contribution in [2.75, 3.05) is 0 Å². The monoisotopic (exact) mass is 533 g/mol. The molecule has 1 amide bonds. The van der Waals surface area contributed by atoms with Gasteiger partial charge in [0.15, 0.2) is 5.60 Å². The van der Waals surface area contributed by atoms with Crippen LogP contribution in [0.2, 0.25) is 0 Å². The Labute approximate surface area is 222 Å². The second kappa shape index (κ2) is 7.95. The predicted molar refractivity (Wildman–Crippen MR) is 137 cm³/mol. The Hall–Kier alpha value is -3.63. The standard InChI is InChI=1S/C29H28FN3O6/c1-3-29(38)18-7-21-24-16(9-33(21)27(36)17(18)10-39-28(29)37)12-4-5-13(25(34)14-6-15(14)26(31)35)22-11(2)19(30)8-20(32-24)23(12)22/h7-8,13-15,25,34,38H,3-6,9-10H2,1-2H3,(H2,31,35)/t13?,14?,15?,25?,29-/m0/s1. The molecule has 7 rings (SSSR count). The molecule has 0 bridgehead atoms. The third-order valence-electron chi connectivity index (χ3n) is 9.47. The van der Waals surface area contributed by atoms with Crippen LogP contribution in [-0.2, 0) is 39.5 Å². The Kier molecular flexibility index (Phi) is 4.98. The number of esters is 1.